The minimum Gasteiger partial charge on any atom is -0.497 e. The van der Waals surface area contributed by atoms with Crippen molar-refractivity contribution in [1.29, 1.82) is 0 Å². The highest BCUT2D eigenvalue weighted by Crippen LogP contribution is 2.19. The summed E-state index contributed by atoms with van der Waals surface area (Å²) < 4.78 is 6.74. The van der Waals surface area contributed by atoms with Crippen LogP contribution in [0.3, 0.4) is 0 Å². The maximum absolute atomic E-state index is 13.1. The average Bonchev–Trinajstić information content (AvgIpc) is 3.28. The molecule has 31 heavy (non-hydrogen) atoms. The predicted octanol–water partition coefficient (Wildman–Crippen LogP) is 3.00. The highest BCUT2D eigenvalue weighted by Gasteiger charge is 2.21. The molecule has 4 rings (SSSR count). The highest BCUT2D eigenvalue weighted by atomic mass is 16.5. The second-order valence-electron chi connectivity index (χ2n) is 7.93. The third-order valence-electron chi connectivity index (χ3n) is 5.69. The van der Waals surface area contributed by atoms with Crippen LogP contribution in [0.1, 0.15) is 47.3 Å². The quantitative estimate of drug-likeness (QED) is 0.621. The Kier molecular flexibility index (Phi) is 5.84. The predicted molar refractivity (Wildman–Crippen MR) is 118 cm³/mol. The Hall–Kier alpha value is -3.48. The molecule has 2 aromatic heterocycles. The van der Waals surface area contributed by atoms with Gasteiger partial charge in [-0.3, -0.25) is 14.4 Å². The summed E-state index contributed by atoms with van der Waals surface area (Å²) in [5.74, 6) is 0.0683. The molecule has 1 aliphatic rings. The van der Waals surface area contributed by atoms with E-state index < -0.39 is 11.2 Å². The number of hydrogen-bond acceptors (Lipinski definition) is 5. The maximum atomic E-state index is 13.1. The number of pyridine rings is 2. The van der Waals surface area contributed by atoms with Gasteiger partial charge in [-0.2, -0.15) is 0 Å². The summed E-state index contributed by atoms with van der Waals surface area (Å²) >= 11 is 0. The van der Waals surface area contributed by atoms with Crippen LogP contribution in [-0.2, 0) is 11.3 Å². The lowest BCUT2D eigenvalue weighted by Gasteiger charge is -2.15. The summed E-state index contributed by atoms with van der Waals surface area (Å²) in [7, 11) is 1.55. The molecule has 0 radical (unpaired) electrons. The van der Waals surface area contributed by atoms with Crippen molar-refractivity contribution in [1.82, 2.24) is 14.9 Å². The van der Waals surface area contributed by atoms with E-state index in [0.29, 0.717) is 22.3 Å². The lowest BCUT2D eigenvalue weighted by atomic mass is 10.0. The van der Waals surface area contributed by atoms with Crippen LogP contribution < -0.4 is 15.5 Å². The van der Waals surface area contributed by atoms with Crippen LogP contribution in [0.15, 0.2) is 47.4 Å². The zero-order valence-electron chi connectivity index (χ0n) is 17.7. The van der Waals surface area contributed by atoms with Crippen LogP contribution in [0, 0.1) is 6.92 Å². The first-order valence-electron chi connectivity index (χ1n) is 10.4. The molecule has 2 heterocycles. The zero-order valence-corrected chi connectivity index (χ0v) is 17.7. The molecule has 0 aliphatic heterocycles. The lowest BCUT2D eigenvalue weighted by Crippen LogP contribution is -2.35. The van der Waals surface area contributed by atoms with E-state index in [-0.39, 0.29) is 24.1 Å². The topological polar surface area (TPSA) is 90.3 Å². The molecule has 1 fully saturated rings. The standard InChI is InChI=1S/C24H25N3O4/c1-15-7-12-19-23(30)20(22(29)16-8-10-18(31-2)11-9-16)13-27(24(19)25-15)14-21(28)26-17-5-3-4-6-17/h7-13,17H,3-6,14H2,1-2H3,(H,26,28). The molecule has 0 spiro atoms. The number of nitrogens with one attached hydrogen (secondary N) is 1. The smallest absolute Gasteiger partial charge is 0.240 e. The summed E-state index contributed by atoms with van der Waals surface area (Å²) in [6.07, 6.45) is 5.66. The third-order valence-corrected chi connectivity index (χ3v) is 5.69. The largest absolute Gasteiger partial charge is 0.497 e. The summed E-state index contributed by atoms with van der Waals surface area (Å²) in [5.41, 5.74) is 1.12. The molecule has 1 aromatic carbocycles. The number of nitrogens with zero attached hydrogens (tertiary/aromatic N) is 2. The van der Waals surface area contributed by atoms with E-state index >= 15 is 0 Å². The number of carbonyl (C=O) groups is 2. The van der Waals surface area contributed by atoms with Crippen LogP contribution in [0.5, 0.6) is 5.75 Å². The number of benzene rings is 1. The summed E-state index contributed by atoms with van der Waals surface area (Å²) in [4.78, 5) is 43.4. The minimum absolute atomic E-state index is 0.00732. The van der Waals surface area contributed by atoms with Crippen LogP contribution in [0.25, 0.3) is 11.0 Å². The summed E-state index contributed by atoms with van der Waals surface area (Å²) in [5, 5.41) is 3.37. The molecule has 1 aliphatic carbocycles. The van der Waals surface area contributed by atoms with Crippen molar-refractivity contribution in [2.75, 3.05) is 7.11 Å². The van der Waals surface area contributed by atoms with E-state index in [1.54, 1.807) is 48.1 Å². The van der Waals surface area contributed by atoms with Crippen molar-refractivity contribution in [3.63, 3.8) is 0 Å². The number of hydrogen-bond donors (Lipinski definition) is 1. The Bertz CT molecular complexity index is 1190. The molecule has 0 unspecified atom stereocenters. The molecule has 0 bridgehead atoms. The Morgan fingerprint density at radius 3 is 2.52 bits per heavy atom. The van der Waals surface area contributed by atoms with Gasteiger partial charge in [0.2, 0.25) is 11.3 Å². The molecule has 7 nitrogen and oxygen atoms in total. The molecular weight excluding hydrogens is 394 g/mol. The second kappa shape index (κ2) is 8.71. The van der Waals surface area contributed by atoms with Crippen molar-refractivity contribution in [2.24, 2.45) is 0 Å². The van der Waals surface area contributed by atoms with Gasteiger partial charge in [-0.25, -0.2) is 4.98 Å². The number of carbonyl (C=O) groups excluding carboxylic acids is 2. The first kappa shape index (κ1) is 20.8. The van der Waals surface area contributed by atoms with Crippen LogP contribution in [0.4, 0.5) is 0 Å². The number of methoxy groups -OCH3 is 1. The molecule has 0 atom stereocenters. The second-order valence-corrected chi connectivity index (χ2v) is 7.93. The normalized spacial score (nSPS) is 14.0. The third kappa shape index (κ3) is 4.35. The van der Waals surface area contributed by atoms with E-state index in [1.165, 1.54) is 6.20 Å². The van der Waals surface area contributed by atoms with E-state index in [9.17, 15) is 14.4 Å². The average molecular weight is 419 g/mol. The van der Waals surface area contributed by atoms with Gasteiger partial charge in [-0.05, 0) is 56.2 Å². The van der Waals surface area contributed by atoms with Crippen molar-refractivity contribution in [3.8, 4) is 5.75 Å². The number of aryl methyl sites for hydroxylation is 1. The van der Waals surface area contributed by atoms with E-state index in [0.717, 1.165) is 31.4 Å². The van der Waals surface area contributed by atoms with Gasteiger partial charge in [0.1, 0.15) is 17.9 Å². The van der Waals surface area contributed by atoms with Gasteiger partial charge < -0.3 is 14.6 Å². The molecule has 1 N–H and O–H groups in total. The Morgan fingerprint density at radius 1 is 1.13 bits per heavy atom. The number of fused-ring (bicyclic) bond motifs is 1. The number of ether oxygens (including phenoxy) is 1. The van der Waals surface area contributed by atoms with Crippen LogP contribution in [0.2, 0.25) is 0 Å². The summed E-state index contributed by atoms with van der Waals surface area (Å²) in [6.45, 7) is 1.82. The molecular formula is C24H25N3O4. The zero-order chi connectivity index (χ0) is 22.0. The fourth-order valence-corrected chi connectivity index (χ4v) is 4.04. The van der Waals surface area contributed by atoms with E-state index in [4.69, 9.17) is 4.74 Å². The number of rotatable bonds is 6. The molecule has 3 aromatic rings. The first-order valence-corrected chi connectivity index (χ1v) is 10.4. The monoisotopic (exact) mass is 419 g/mol. The Morgan fingerprint density at radius 2 is 1.84 bits per heavy atom. The fourth-order valence-electron chi connectivity index (χ4n) is 4.04. The van der Waals surface area contributed by atoms with Gasteiger partial charge in [0.25, 0.3) is 0 Å². The minimum atomic E-state index is -0.403. The van der Waals surface area contributed by atoms with Gasteiger partial charge in [-0.15, -0.1) is 0 Å². The highest BCUT2D eigenvalue weighted by molar-refractivity contribution is 6.10. The molecule has 1 amide bonds. The number of ketones is 1. The number of aromatic nitrogens is 2. The van der Waals surface area contributed by atoms with E-state index in [1.807, 2.05) is 6.92 Å². The summed E-state index contributed by atoms with van der Waals surface area (Å²) in [6, 6.07) is 10.2. The number of amides is 1. The van der Waals surface area contributed by atoms with Gasteiger partial charge in [0.05, 0.1) is 18.1 Å². The van der Waals surface area contributed by atoms with Gasteiger partial charge in [0, 0.05) is 23.5 Å². The SMILES string of the molecule is COc1ccc(C(=O)c2cn(CC(=O)NC3CCCC3)c3nc(C)ccc3c2=O)cc1. The van der Waals surface area contributed by atoms with Crippen molar-refractivity contribution >= 4 is 22.7 Å². The van der Waals surface area contributed by atoms with Crippen molar-refractivity contribution in [2.45, 2.75) is 45.2 Å². The van der Waals surface area contributed by atoms with Crippen molar-refractivity contribution in [3.05, 3.63) is 69.6 Å². The van der Waals surface area contributed by atoms with Gasteiger partial charge in [0.15, 0.2) is 5.78 Å². The van der Waals surface area contributed by atoms with Gasteiger partial charge in [-0.1, -0.05) is 12.8 Å². The fraction of sp³-hybridized carbons (Fsp3) is 0.333. The van der Waals surface area contributed by atoms with Gasteiger partial charge >= 0.3 is 0 Å². The molecule has 0 saturated heterocycles. The molecule has 1 saturated carbocycles. The first-order chi connectivity index (χ1) is 15.0. The maximum Gasteiger partial charge on any atom is 0.240 e. The molecule has 160 valence electrons. The van der Waals surface area contributed by atoms with Crippen LogP contribution in [-0.4, -0.2) is 34.4 Å². The van der Waals surface area contributed by atoms with Crippen molar-refractivity contribution < 1.29 is 14.3 Å². The van der Waals surface area contributed by atoms with Crippen LogP contribution >= 0.6 is 0 Å². The van der Waals surface area contributed by atoms with E-state index in [2.05, 4.69) is 10.3 Å². The Labute approximate surface area is 180 Å². The Balaban J connectivity index is 1.74. The molecule has 7 heteroatoms. The lowest BCUT2D eigenvalue weighted by molar-refractivity contribution is -0.122.